The molecule has 2 aromatic rings. The van der Waals surface area contributed by atoms with Crippen molar-refractivity contribution in [2.75, 3.05) is 10.5 Å². The van der Waals surface area contributed by atoms with Crippen LogP contribution in [-0.4, -0.2) is 13.4 Å². The number of sulfonamides is 1. The van der Waals surface area contributed by atoms with Gasteiger partial charge in [0.15, 0.2) is 0 Å². The molecular weight excluding hydrogens is 389 g/mol. The first-order chi connectivity index (χ1) is 9.31. The molecule has 1 aromatic heterocycles. The highest BCUT2D eigenvalue weighted by molar-refractivity contribution is 9.10. The highest BCUT2D eigenvalue weighted by Crippen LogP contribution is 2.33. The number of pyridine rings is 1. The normalized spacial score (nSPS) is 11.3. The van der Waals surface area contributed by atoms with E-state index in [-0.39, 0.29) is 26.4 Å². The van der Waals surface area contributed by atoms with Gasteiger partial charge in [-0.05, 0) is 40.2 Å². The summed E-state index contributed by atoms with van der Waals surface area (Å²) < 4.78 is 27.5. The Morgan fingerprint density at radius 3 is 2.50 bits per heavy atom. The number of aromatic nitrogens is 1. The minimum absolute atomic E-state index is 0.0139. The molecule has 0 saturated carbocycles. The Morgan fingerprint density at radius 2 is 1.90 bits per heavy atom. The topological polar surface area (TPSA) is 85.1 Å². The monoisotopic (exact) mass is 395 g/mol. The van der Waals surface area contributed by atoms with Gasteiger partial charge in [-0.3, -0.25) is 4.72 Å². The standard InChI is InChI=1S/C11H8BrCl2N3O2S/c12-6-1-4-9(16-5-6)17-20(18,19)8-3-2-7(13)11(15)10(8)14/h1-5H,15H2,(H,16,17). The lowest BCUT2D eigenvalue weighted by molar-refractivity contribution is 0.601. The van der Waals surface area contributed by atoms with Crippen LogP contribution in [0.4, 0.5) is 11.5 Å². The lowest BCUT2D eigenvalue weighted by Gasteiger charge is -2.10. The Hall–Kier alpha value is -1.02. The van der Waals surface area contributed by atoms with Crippen LogP contribution in [-0.2, 0) is 10.0 Å². The van der Waals surface area contributed by atoms with E-state index in [4.69, 9.17) is 28.9 Å². The van der Waals surface area contributed by atoms with E-state index < -0.39 is 10.0 Å². The fraction of sp³-hybridized carbons (Fsp3) is 0. The van der Waals surface area contributed by atoms with Gasteiger partial charge in [0.25, 0.3) is 10.0 Å². The van der Waals surface area contributed by atoms with E-state index in [9.17, 15) is 8.42 Å². The summed E-state index contributed by atoms with van der Waals surface area (Å²) in [4.78, 5) is 3.76. The molecule has 9 heteroatoms. The molecule has 0 saturated heterocycles. The molecule has 0 bridgehead atoms. The van der Waals surface area contributed by atoms with Crippen LogP contribution in [0.1, 0.15) is 0 Å². The summed E-state index contributed by atoms with van der Waals surface area (Å²) in [5.41, 5.74) is 5.63. The molecule has 0 fully saturated rings. The molecule has 20 heavy (non-hydrogen) atoms. The molecule has 0 aliphatic heterocycles. The second-order valence-electron chi connectivity index (χ2n) is 3.74. The van der Waals surface area contributed by atoms with E-state index in [1.165, 1.54) is 24.4 Å². The average Bonchev–Trinajstić information content (AvgIpc) is 2.38. The van der Waals surface area contributed by atoms with Crippen molar-refractivity contribution in [2.24, 2.45) is 0 Å². The predicted molar refractivity (Wildman–Crippen MR) is 83.6 cm³/mol. The minimum atomic E-state index is -3.89. The number of nitrogen functional groups attached to an aromatic ring is 1. The Kier molecular flexibility index (Phi) is 4.43. The number of anilines is 2. The summed E-state index contributed by atoms with van der Waals surface area (Å²) in [5.74, 6) is 0.165. The third kappa shape index (κ3) is 3.17. The van der Waals surface area contributed by atoms with Crippen molar-refractivity contribution in [3.05, 3.63) is 45.0 Å². The van der Waals surface area contributed by atoms with Crippen molar-refractivity contribution in [3.8, 4) is 0 Å². The van der Waals surface area contributed by atoms with Crippen LogP contribution < -0.4 is 10.5 Å². The van der Waals surface area contributed by atoms with Gasteiger partial charge in [-0.25, -0.2) is 13.4 Å². The third-order valence-electron chi connectivity index (χ3n) is 2.35. The number of benzene rings is 1. The summed E-state index contributed by atoms with van der Waals surface area (Å²) in [6.45, 7) is 0. The maximum atomic E-state index is 12.2. The first-order valence-electron chi connectivity index (χ1n) is 5.19. The molecule has 0 aliphatic rings. The first kappa shape index (κ1) is 15.4. The number of rotatable bonds is 3. The van der Waals surface area contributed by atoms with Gasteiger partial charge in [-0.15, -0.1) is 0 Å². The Balaban J connectivity index is 2.41. The number of halogens is 3. The number of nitrogens with zero attached hydrogens (tertiary/aromatic N) is 1. The lowest BCUT2D eigenvalue weighted by Crippen LogP contribution is -2.15. The minimum Gasteiger partial charge on any atom is -0.396 e. The van der Waals surface area contributed by atoms with Gasteiger partial charge in [0.2, 0.25) is 0 Å². The number of nitrogens with two attached hydrogens (primary N) is 1. The molecule has 0 spiro atoms. The number of hydrogen-bond donors (Lipinski definition) is 2. The van der Waals surface area contributed by atoms with Crippen molar-refractivity contribution in [2.45, 2.75) is 4.90 Å². The van der Waals surface area contributed by atoms with Gasteiger partial charge < -0.3 is 5.73 Å². The van der Waals surface area contributed by atoms with Crippen molar-refractivity contribution in [3.63, 3.8) is 0 Å². The molecule has 0 unspecified atom stereocenters. The predicted octanol–water partition coefficient (Wildman–Crippen LogP) is 3.53. The fourth-order valence-corrected chi connectivity index (χ4v) is 3.39. The van der Waals surface area contributed by atoms with E-state index in [1.54, 1.807) is 6.07 Å². The first-order valence-corrected chi connectivity index (χ1v) is 8.22. The van der Waals surface area contributed by atoms with Gasteiger partial charge in [0.05, 0.1) is 15.7 Å². The molecule has 0 atom stereocenters. The number of hydrogen-bond acceptors (Lipinski definition) is 4. The van der Waals surface area contributed by atoms with E-state index in [0.717, 1.165) is 4.47 Å². The average molecular weight is 397 g/mol. The maximum Gasteiger partial charge on any atom is 0.264 e. The van der Waals surface area contributed by atoms with Crippen LogP contribution >= 0.6 is 39.1 Å². The van der Waals surface area contributed by atoms with E-state index >= 15 is 0 Å². The van der Waals surface area contributed by atoms with Crippen molar-refractivity contribution >= 4 is 60.7 Å². The molecule has 0 amide bonds. The largest absolute Gasteiger partial charge is 0.396 e. The van der Waals surface area contributed by atoms with Crippen LogP contribution in [0.5, 0.6) is 0 Å². The van der Waals surface area contributed by atoms with Crippen LogP contribution in [0.15, 0.2) is 39.8 Å². The number of nitrogens with one attached hydrogen (secondary N) is 1. The molecular formula is C11H8BrCl2N3O2S. The summed E-state index contributed by atoms with van der Waals surface area (Å²) in [7, 11) is -3.89. The van der Waals surface area contributed by atoms with Crippen LogP contribution in [0, 0.1) is 0 Å². The smallest absolute Gasteiger partial charge is 0.264 e. The molecule has 5 nitrogen and oxygen atoms in total. The van der Waals surface area contributed by atoms with Crippen molar-refractivity contribution < 1.29 is 8.42 Å². The van der Waals surface area contributed by atoms with Crippen molar-refractivity contribution in [1.82, 2.24) is 4.98 Å². The highest BCUT2D eigenvalue weighted by Gasteiger charge is 2.21. The van der Waals surface area contributed by atoms with Gasteiger partial charge >= 0.3 is 0 Å². The molecule has 3 N–H and O–H groups in total. The van der Waals surface area contributed by atoms with E-state index in [0.29, 0.717) is 0 Å². The Morgan fingerprint density at radius 1 is 1.20 bits per heavy atom. The lowest BCUT2D eigenvalue weighted by atomic mass is 10.3. The summed E-state index contributed by atoms with van der Waals surface area (Å²) in [6.07, 6.45) is 1.47. The molecule has 0 radical (unpaired) electrons. The fourth-order valence-electron chi connectivity index (χ4n) is 1.39. The zero-order valence-electron chi connectivity index (χ0n) is 9.77. The summed E-state index contributed by atoms with van der Waals surface area (Å²) in [5, 5.41) is 0.0674. The van der Waals surface area contributed by atoms with Gasteiger partial charge in [-0.1, -0.05) is 23.2 Å². The molecule has 106 valence electrons. The SMILES string of the molecule is Nc1c(Cl)ccc(S(=O)(=O)Nc2ccc(Br)cn2)c1Cl. The zero-order chi connectivity index (χ0) is 14.9. The van der Waals surface area contributed by atoms with E-state index in [2.05, 4.69) is 25.6 Å². The molecule has 0 aliphatic carbocycles. The zero-order valence-corrected chi connectivity index (χ0v) is 13.7. The van der Waals surface area contributed by atoms with Crippen LogP contribution in [0.3, 0.4) is 0 Å². The molecule has 1 aromatic carbocycles. The van der Waals surface area contributed by atoms with Gasteiger partial charge in [-0.2, -0.15) is 0 Å². The molecule has 1 heterocycles. The Labute approximate surface area is 134 Å². The van der Waals surface area contributed by atoms with E-state index in [1.807, 2.05) is 0 Å². The second-order valence-corrected chi connectivity index (χ2v) is 7.09. The van der Waals surface area contributed by atoms with Crippen LogP contribution in [0.2, 0.25) is 10.0 Å². The second kappa shape index (κ2) is 5.77. The summed E-state index contributed by atoms with van der Waals surface area (Å²) in [6, 6.07) is 5.81. The summed E-state index contributed by atoms with van der Waals surface area (Å²) >= 11 is 14.9. The van der Waals surface area contributed by atoms with Crippen molar-refractivity contribution in [1.29, 1.82) is 0 Å². The highest BCUT2D eigenvalue weighted by atomic mass is 79.9. The maximum absolute atomic E-state index is 12.2. The third-order valence-corrected chi connectivity index (χ3v) is 5.06. The van der Waals surface area contributed by atoms with Crippen LogP contribution in [0.25, 0.3) is 0 Å². The van der Waals surface area contributed by atoms with Gasteiger partial charge in [0.1, 0.15) is 10.7 Å². The molecule has 2 rings (SSSR count). The quantitative estimate of drug-likeness (QED) is 0.777. The Bertz CT molecular complexity index is 751. The van der Waals surface area contributed by atoms with Gasteiger partial charge in [0, 0.05) is 10.7 Å².